The van der Waals surface area contributed by atoms with Gasteiger partial charge in [0.1, 0.15) is 0 Å². The summed E-state index contributed by atoms with van der Waals surface area (Å²) in [7, 11) is 0. The number of amides is 1. The van der Waals surface area contributed by atoms with Crippen LogP contribution in [0.25, 0.3) is 10.2 Å². The molecule has 3 aromatic rings. The topological polar surface area (TPSA) is 36.4 Å². The summed E-state index contributed by atoms with van der Waals surface area (Å²) in [6, 6.07) is 12.0. The standard InChI is InChI=1S/C24H30ClN3OS2/c1-5-27(6-2)12-13-28(22(29)11-14-30-20-9-7-19(25)8-10-20)24-26-21-16-17(3)15-18(4)23(21)31-24/h7-10,15-16H,5-6,11-14H2,1-4H3. The fourth-order valence-electron chi connectivity index (χ4n) is 3.51. The number of thioether (sulfide) groups is 1. The van der Waals surface area contributed by atoms with Crippen molar-refractivity contribution in [3.8, 4) is 0 Å². The number of likely N-dealkylation sites (N-methyl/N-ethyl adjacent to an activating group) is 1. The molecule has 0 unspecified atom stereocenters. The first-order valence-electron chi connectivity index (χ1n) is 10.7. The van der Waals surface area contributed by atoms with E-state index in [-0.39, 0.29) is 5.91 Å². The smallest absolute Gasteiger partial charge is 0.229 e. The number of hydrogen-bond acceptors (Lipinski definition) is 5. The van der Waals surface area contributed by atoms with Crippen LogP contribution in [0, 0.1) is 13.8 Å². The van der Waals surface area contributed by atoms with Crippen molar-refractivity contribution in [3.05, 3.63) is 52.5 Å². The number of rotatable bonds is 10. The zero-order valence-corrected chi connectivity index (χ0v) is 21.0. The van der Waals surface area contributed by atoms with Crippen LogP contribution in [-0.4, -0.2) is 47.7 Å². The molecule has 1 aromatic heterocycles. The predicted octanol–water partition coefficient (Wildman–Crippen LogP) is 6.42. The Kier molecular flexibility index (Phi) is 8.78. The molecule has 0 saturated carbocycles. The van der Waals surface area contributed by atoms with E-state index in [9.17, 15) is 4.79 Å². The zero-order chi connectivity index (χ0) is 22.4. The van der Waals surface area contributed by atoms with Crippen LogP contribution in [0.15, 0.2) is 41.3 Å². The van der Waals surface area contributed by atoms with E-state index in [1.54, 1.807) is 23.1 Å². The van der Waals surface area contributed by atoms with Crippen molar-refractivity contribution < 1.29 is 4.79 Å². The molecule has 0 atom stereocenters. The first kappa shape index (κ1) is 24.1. The van der Waals surface area contributed by atoms with Gasteiger partial charge in [0.2, 0.25) is 5.91 Å². The number of fused-ring (bicyclic) bond motifs is 1. The maximum atomic E-state index is 13.2. The molecule has 0 aliphatic carbocycles. The van der Waals surface area contributed by atoms with Gasteiger partial charge in [-0.1, -0.05) is 42.9 Å². The Balaban J connectivity index is 1.76. The Morgan fingerprint density at radius 2 is 1.81 bits per heavy atom. The van der Waals surface area contributed by atoms with Crippen LogP contribution < -0.4 is 4.90 Å². The van der Waals surface area contributed by atoms with Crippen molar-refractivity contribution in [3.63, 3.8) is 0 Å². The lowest BCUT2D eigenvalue weighted by atomic mass is 10.1. The zero-order valence-electron chi connectivity index (χ0n) is 18.7. The van der Waals surface area contributed by atoms with Crippen LogP contribution in [0.2, 0.25) is 5.02 Å². The quantitative estimate of drug-likeness (QED) is 0.317. The van der Waals surface area contributed by atoms with E-state index in [4.69, 9.17) is 16.6 Å². The molecule has 0 aliphatic heterocycles. The van der Waals surface area contributed by atoms with Gasteiger partial charge in [-0.3, -0.25) is 9.69 Å². The second kappa shape index (κ2) is 11.3. The fourth-order valence-corrected chi connectivity index (χ4v) is 5.54. The molecule has 31 heavy (non-hydrogen) atoms. The van der Waals surface area contributed by atoms with Gasteiger partial charge in [0.15, 0.2) is 5.13 Å². The third kappa shape index (κ3) is 6.45. The minimum atomic E-state index is 0.127. The molecule has 166 valence electrons. The molecule has 0 radical (unpaired) electrons. The predicted molar refractivity (Wildman–Crippen MR) is 136 cm³/mol. The maximum absolute atomic E-state index is 13.2. The molecule has 1 amide bonds. The maximum Gasteiger partial charge on any atom is 0.229 e. The summed E-state index contributed by atoms with van der Waals surface area (Å²) in [5, 5.41) is 1.53. The minimum Gasteiger partial charge on any atom is -0.302 e. The van der Waals surface area contributed by atoms with Crippen molar-refractivity contribution in [2.45, 2.75) is 39.0 Å². The van der Waals surface area contributed by atoms with E-state index in [0.29, 0.717) is 13.0 Å². The van der Waals surface area contributed by atoms with Gasteiger partial charge in [0.05, 0.1) is 10.2 Å². The largest absolute Gasteiger partial charge is 0.302 e. The Morgan fingerprint density at radius 3 is 2.48 bits per heavy atom. The monoisotopic (exact) mass is 475 g/mol. The van der Waals surface area contributed by atoms with Gasteiger partial charge in [-0.2, -0.15) is 0 Å². The Morgan fingerprint density at radius 1 is 1.10 bits per heavy atom. The van der Waals surface area contributed by atoms with Crippen LogP contribution in [-0.2, 0) is 4.79 Å². The van der Waals surface area contributed by atoms with E-state index in [2.05, 4.69) is 44.7 Å². The van der Waals surface area contributed by atoms with Gasteiger partial charge in [0.25, 0.3) is 0 Å². The van der Waals surface area contributed by atoms with E-state index in [1.165, 1.54) is 11.1 Å². The van der Waals surface area contributed by atoms with Gasteiger partial charge in [-0.25, -0.2) is 4.98 Å². The highest BCUT2D eigenvalue weighted by Crippen LogP contribution is 2.32. The first-order chi connectivity index (χ1) is 14.9. The second-order valence-corrected chi connectivity index (χ2v) is 10.1. The van der Waals surface area contributed by atoms with E-state index < -0.39 is 0 Å². The molecule has 2 aromatic carbocycles. The van der Waals surface area contributed by atoms with Crippen LogP contribution in [0.4, 0.5) is 5.13 Å². The molecular weight excluding hydrogens is 446 g/mol. The number of anilines is 1. The lowest BCUT2D eigenvalue weighted by Crippen LogP contribution is -2.39. The summed E-state index contributed by atoms with van der Waals surface area (Å²) in [4.78, 5) is 23.4. The summed E-state index contributed by atoms with van der Waals surface area (Å²) in [5.74, 6) is 0.854. The average Bonchev–Trinajstić information content (AvgIpc) is 3.16. The third-order valence-electron chi connectivity index (χ3n) is 5.27. The molecule has 3 rings (SSSR count). The van der Waals surface area contributed by atoms with Gasteiger partial charge in [-0.05, 0) is 68.4 Å². The highest BCUT2D eigenvalue weighted by atomic mass is 35.5. The summed E-state index contributed by atoms with van der Waals surface area (Å²) in [6.07, 6.45) is 0.472. The van der Waals surface area contributed by atoms with E-state index >= 15 is 0 Å². The second-order valence-electron chi connectivity index (χ2n) is 7.55. The molecule has 1 heterocycles. The van der Waals surface area contributed by atoms with Crippen molar-refractivity contribution in [2.75, 3.05) is 36.8 Å². The summed E-state index contributed by atoms with van der Waals surface area (Å²) >= 11 is 9.26. The van der Waals surface area contributed by atoms with E-state index in [0.717, 1.165) is 50.7 Å². The molecule has 0 N–H and O–H groups in total. The number of benzene rings is 2. The van der Waals surface area contributed by atoms with Gasteiger partial charge < -0.3 is 4.90 Å². The summed E-state index contributed by atoms with van der Waals surface area (Å²) in [6.45, 7) is 12.0. The molecule has 0 spiro atoms. The average molecular weight is 476 g/mol. The van der Waals surface area contributed by atoms with Crippen LogP contribution in [0.5, 0.6) is 0 Å². The number of aryl methyl sites for hydroxylation is 2. The van der Waals surface area contributed by atoms with Crippen LogP contribution in [0.3, 0.4) is 0 Å². The summed E-state index contributed by atoms with van der Waals surface area (Å²) < 4.78 is 1.16. The SMILES string of the molecule is CCN(CC)CCN(C(=O)CCSc1ccc(Cl)cc1)c1nc2cc(C)cc(C)c2s1. The molecule has 0 aliphatic rings. The van der Waals surface area contributed by atoms with Gasteiger partial charge in [0, 0.05) is 35.2 Å². The number of carbonyl (C=O) groups is 1. The first-order valence-corrected chi connectivity index (χ1v) is 12.9. The fraction of sp³-hybridized carbons (Fsp3) is 0.417. The van der Waals surface area contributed by atoms with Gasteiger partial charge >= 0.3 is 0 Å². The van der Waals surface area contributed by atoms with Crippen molar-refractivity contribution in [2.24, 2.45) is 0 Å². The number of aromatic nitrogens is 1. The summed E-state index contributed by atoms with van der Waals surface area (Å²) in [5.41, 5.74) is 3.39. The van der Waals surface area contributed by atoms with E-state index in [1.807, 2.05) is 29.2 Å². The van der Waals surface area contributed by atoms with Crippen molar-refractivity contribution in [1.29, 1.82) is 0 Å². The molecule has 4 nitrogen and oxygen atoms in total. The normalized spacial score (nSPS) is 11.4. The van der Waals surface area contributed by atoms with Crippen LogP contribution >= 0.6 is 34.7 Å². The minimum absolute atomic E-state index is 0.127. The molecule has 0 fully saturated rings. The number of carbonyl (C=O) groups excluding carboxylic acids is 1. The number of halogens is 1. The Hall–Kier alpha value is -1.60. The lowest BCUT2D eigenvalue weighted by Gasteiger charge is -2.24. The van der Waals surface area contributed by atoms with Crippen molar-refractivity contribution >= 4 is 56.0 Å². The molecular formula is C24H30ClN3OS2. The molecule has 0 saturated heterocycles. The Bertz CT molecular complexity index is 1020. The molecule has 7 heteroatoms. The lowest BCUT2D eigenvalue weighted by molar-refractivity contribution is -0.118. The highest BCUT2D eigenvalue weighted by Gasteiger charge is 2.21. The van der Waals surface area contributed by atoms with Crippen LogP contribution in [0.1, 0.15) is 31.4 Å². The number of thiazole rings is 1. The number of nitrogens with zero attached hydrogens (tertiary/aromatic N) is 3. The van der Waals surface area contributed by atoms with Crippen molar-refractivity contribution in [1.82, 2.24) is 9.88 Å². The third-order valence-corrected chi connectivity index (χ3v) is 7.77. The van der Waals surface area contributed by atoms with Gasteiger partial charge in [-0.15, -0.1) is 11.8 Å². The molecule has 0 bridgehead atoms. The Labute approximate surface area is 198 Å². The number of hydrogen-bond donors (Lipinski definition) is 0. The highest BCUT2D eigenvalue weighted by molar-refractivity contribution is 7.99.